The molecule has 4 rings (SSSR count). The Balaban J connectivity index is 1.65. The number of urea groups is 1. The fourth-order valence-electron chi connectivity index (χ4n) is 3.54. The third-order valence-corrected chi connectivity index (χ3v) is 7.65. The van der Waals surface area contributed by atoms with Gasteiger partial charge in [-0.15, -0.1) is 0 Å². The van der Waals surface area contributed by atoms with Crippen molar-refractivity contribution in [1.82, 2.24) is 5.32 Å². The summed E-state index contributed by atoms with van der Waals surface area (Å²) in [5.74, 6) is -1.69. The average molecular weight is 585 g/mol. The van der Waals surface area contributed by atoms with Crippen molar-refractivity contribution in [2.75, 3.05) is 12.0 Å². The quantitative estimate of drug-likeness (QED) is 0.257. The molecule has 37 heavy (non-hydrogen) atoms. The van der Waals surface area contributed by atoms with E-state index in [-0.39, 0.29) is 22.0 Å². The summed E-state index contributed by atoms with van der Waals surface area (Å²) in [7, 11) is -2.81. The summed E-state index contributed by atoms with van der Waals surface area (Å²) < 4.78 is 36.7. The van der Waals surface area contributed by atoms with E-state index in [0.717, 1.165) is 20.5 Å². The van der Waals surface area contributed by atoms with Crippen LogP contribution in [0.5, 0.6) is 11.5 Å². The summed E-state index contributed by atoms with van der Waals surface area (Å²) in [4.78, 5) is 39.0. The lowest BCUT2D eigenvalue weighted by Gasteiger charge is -2.26. The van der Waals surface area contributed by atoms with E-state index in [1.54, 1.807) is 37.3 Å². The highest BCUT2D eigenvalue weighted by Gasteiger charge is 2.37. The normalized spacial score (nSPS) is 15.1. The van der Waals surface area contributed by atoms with E-state index in [9.17, 15) is 22.8 Å². The first kappa shape index (κ1) is 26.1. The number of hydrogen-bond acceptors (Lipinski definition) is 7. The molecule has 3 aromatic rings. The zero-order chi connectivity index (χ0) is 26.9. The molecule has 3 aromatic carbocycles. The van der Waals surface area contributed by atoms with Crippen LogP contribution in [0.25, 0.3) is 6.08 Å². The predicted molar refractivity (Wildman–Crippen MR) is 140 cm³/mol. The summed E-state index contributed by atoms with van der Waals surface area (Å²) in [6.45, 7) is 3.64. The molecule has 190 valence electrons. The van der Waals surface area contributed by atoms with E-state index in [4.69, 9.17) is 8.92 Å². The van der Waals surface area contributed by atoms with Crippen LogP contribution >= 0.6 is 15.9 Å². The van der Waals surface area contributed by atoms with Gasteiger partial charge in [-0.25, -0.2) is 9.69 Å². The Morgan fingerprint density at radius 2 is 1.62 bits per heavy atom. The Morgan fingerprint density at radius 1 is 0.919 bits per heavy atom. The number of nitrogens with one attached hydrogen (secondary N) is 1. The van der Waals surface area contributed by atoms with Gasteiger partial charge in [0.1, 0.15) is 10.5 Å². The van der Waals surface area contributed by atoms with Gasteiger partial charge >= 0.3 is 16.1 Å². The molecule has 0 saturated carbocycles. The molecule has 0 spiro atoms. The number of amides is 4. The Hall–Kier alpha value is -3.96. The van der Waals surface area contributed by atoms with E-state index < -0.39 is 28.0 Å². The Morgan fingerprint density at radius 3 is 2.27 bits per heavy atom. The summed E-state index contributed by atoms with van der Waals surface area (Å²) in [5.41, 5.74) is 2.04. The number of nitrogens with zero attached hydrogens (tertiary/aromatic N) is 1. The van der Waals surface area contributed by atoms with Crippen LogP contribution in [-0.4, -0.2) is 33.4 Å². The summed E-state index contributed by atoms with van der Waals surface area (Å²) >= 11 is 3.37. The Bertz CT molecular complexity index is 1560. The number of barbiturate groups is 1. The van der Waals surface area contributed by atoms with Gasteiger partial charge in [0, 0.05) is 4.47 Å². The van der Waals surface area contributed by atoms with Crippen LogP contribution in [0, 0.1) is 13.8 Å². The number of carbonyl (C=O) groups excluding carboxylic acids is 3. The number of anilines is 1. The Kier molecular flexibility index (Phi) is 7.19. The minimum absolute atomic E-state index is 0.0243. The summed E-state index contributed by atoms with van der Waals surface area (Å²) in [6.07, 6.45) is 1.28. The van der Waals surface area contributed by atoms with Crippen molar-refractivity contribution >= 4 is 55.7 Å². The fourth-order valence-corrected chi connectivity index (χ4v) is 4.73. The van der Waals surface area contributed by atoms with Gasteiger partial charge in [0.05, 0.1) is 12.8 Å². The van der Waals surface area contributed by atoms with Crippen molar-refractivity contribution in [3.05, 3.63) is 87.4 Å². The van der Waals surface area contributed by atoms with E-state index in [2.05, 4.69) is 21.2 Å². The maximum Gasteiger partial charge on any atom is 0.339 e. The van der Waals surface area contributed by atoms with Crippen LogP contribution in [0.3, 0.4) is 0 Å². The van der Waals surface area contributed by atoms with Crippen molar-refractivity contribution in [2.45, 2.75) is 18.7 Å². The number of halogens is 1. The first-order valence-corrected chi connectivity index (χ1v) is 13.1. The van der Waals surface area contributed by atoms with Gasteiger partial charge in [-0.2, -0.15) is 8.42 Å². The lowest BCUT2D eigenvalue weighted by atomic mass is 10.1. The number of rotatable bonds is 6. The molecule has 1 heterocycles. The number of methoxy groups -OCH3 is 1. The standard InChI is InChI=1S/C26H21BrN2O7S/c1-15-4-8-19(9-5-15)37(33,34)36-22-11-6-17(14-23(22)35-3)13-20-24(30)28-26(32)29(25(20)31)18-7-10-21(27)16(2)12-18/h4-14H,1-3H3,(H,28,30,32)/b20-13-. The molecule has 0 atom stereocenters. The van der Waals surface area contributed by atoms with Crippen LogP contribution in [0.4, 0.5) is 10.5 Å². The van der Waals surface area contributed by atoms with Crippen LogP contribution in [0.1, 0.15) is 16.7 Å². The van der Waals surface area contributed by atoms with Gasteiger partial charge < -0.3 is 8.92 Å². The number of hydrogen-bond donors (Lipinski definition) is 1. The second-order valence-electron chi connectivity index (χ2n) is 8.15. The number of benzene rings is 3. The van der Waals surface area contributed by atoms with Gasteiger partial charge in [0.15, 0.2) is 11.5 Å². The molecule has 0 bridgehead atoms. The first-order chi connectivity index (χ1) is 17.5. The molecule has 1 N–H and O–H groups in total. The monoisotopic (exact) mass is 584 g/mol. The Labute approximate surface area is 221 Å². The molecule has 1 fully saturated rings. The highest BCUT2D eigenvalue weighted by atomic mass is 79.9. The zero-order valence-electron chi connectivity index (χ0n) is 19.9. The largest absolute Gasteiger partial charge is 0.493 e. The molecule has 1 saturated heterocycles. The molecule has 11 heteroatoms. The van der Waals surface area contributed by atoms with Crippen molar-refractivity contribution in [3.8, 4) is 11.5 Å². The molecule has 0 aliphatic carbocycles. The van der Waals surface area contributed by atoms with Crippen LogP contribution in [0.2, 0.25) is 0 Å². The smallest absolute Gasteiger partial charge is 0.339 e. The molecular formula is C26H21BrN2O7S. The number of carbonyl (C=O) groups is 3. The molecule has 1 aliphatic rings. The third-order valence-electron chi connectivity index (χ3n) is 5.51. The van der Waals surface area contributed by atoms with E-state index in [1.165, 1.54) is 43.5 Å². The lowest BCUT2D eigenvalue weighted by Crippen LogP contribution is -2.54. The lowest BCUT2D eigenvalue weighted by molar-refractivity contribution is -0.122. The van der Waals surface area contributed by atoms with Crippen molar-refractivity contribution in [2.24, 2.45) is 0 Å². The van der Waals surface area contributed by atoms with Gasteiger partial charge in [0.25, 0.3) is 11.8 Å². The van der Waals surface area contributed by atoms with Crippen molar-refractivity contribution < 1.29 is 31.7 Å². The number of ether oxygens (including phenoxy) is 1. The minimum atomic E-state index is -4.13. The highest BCUT2D eigenvalue weighted by molar-refractivity contribution is 9.10. The second-order valence-corrected chi connectivity index (χ2v) is 10.6. The first-order valence-electron chi connectivity index (χ1n) is 10.9. The van der Waals surface area contributed by atoms with Gasteiger partial charge in [0.2, 0.25) is 0 Å². The second kappa shape index (κ2) is 10.2. The maximum atomic E-state index is 13.2. The highest BCUT2D eigenvalue weighted by Crippen LogP contribution is 2.32. The molecular weight excluding hydrogens is 564 g/mol. The van der Waals surface area contributed by atoms with Gasteiger partial charge in [-0.3, -0.25) is 14.9 Å². The van der Waals surface area contributed by atoms with E-state index >= 15 is 0 Å². The minimum Gasteiger partial charge on any atom is -0.493 e. The topological polar surface area (TPSA) is 119 Å². The molecule has 4 amide bonds. The number of aryl methyl sites for hydroxylation is 2. The SMILES string of the molecule is COc1cc(/C=C2/C(=O)NC(=O)N(c3ccc(Br)c(C)c3)C2=O)ccc1OS(=O)(=O)c1ccc(C)cc1. The molecule has 9 nitrogen and oxygen atoms in total. The third kappa shape index (κ3) is 5.42. The fraction of sp³-hybridized carbons (Fsp3) is 0.115. The zero-order valence-corrected chi connectivity index (χ0v) is 22.3. The average Bonchev–Trinajstić information content (AvgIpc) is 2.84. The molecule has 1 aliphatic heterocycles. The van der Waals surface area contributed by atoms with E-state index in [0.29, 0.717) is 11.3 Å². The summed E-state index contributed by atoms with van der Waals surface area (Å²) in [5, 5.41) is 2.17. The van der Waals surface area contributed by atoms with Crippen LogP contribution in [-0.2, 0) is 19.7 Å². The number of imide groups is 2. The van der Waals surface area contributed by atoms with Crippen molar-refractivity contribution in [1.29, 1.82) is 0 Å². The van der Waals surface area contributed by atoms with E-state index in [1.807, 2.05) is 6.92 Å². The summed E-state index contributed by atoms with van der Waals surface area (Å²) in [6, 6.07) is 14.4. The van der Waals surface area contributed by atoms with Crippen LogP contribution in [0.15, 0.2) is 75.6 Å². The molecule has 0 aromatic heterocycles. The predicted octanol–water partition coefficient (Wildman–Crippen LogP) is 4.51. The van der Waals surface area contributed by atoms with Gasteiger partial charge in [-0.1, -0.05) is 39.7 Å². The maximum absolute atomic E-state index is 13.2. The van der Waals surface area contributed by atoms with Gasteiger partial charge in [-0.05, 0) is 73.5 Å². The van der Waals surface area contributed by atoms with Crippen LogP contribution < -0.4 is 19.1 Å². The molecule has 0 unspecified atom stereocenters. The molecule has 0 radical (unpaired) electrons. The van der Waals surface area contributed by atoms with Crippen molar-refractivity contribution in [3.63, 3.8) is 0 Å².